The van der Waals surface area contributed by atoms with Crippen molar-refractivity contribution in [2.24, 2.45) is 10.9 Å². The number of ether oxygens (including phenoxy) is 3. The molecule has 42 heavy (non-hydrogen) atoms. The highest BCUT2D eigenvalue weighted by molar-refractivity contribution is 6.33. The molecular weight excluding hydrogens is 561 g/mol. The molecule has 2 saturated heterocycles. The number of rotatable bonds is 9. The van der Waals surface area contributed by atoms with Crippen LogP contribution in [0, 0.1) is 29.5 Å². The molecule has 0 spiro atoms. The molecule has 6 atom stereocenters. The van der Waals surface area contributed by atoms with Crippen LogP contribution in [0.15, 0.2) is 29.3 Å². The molecule has 0 radical (unpaired) electrons. The average Bonchev–Trinajstić information content (AvgIpc) is 3.65. The van der Waals surface area contributed by atoms with E-state index in [1.54, 1.807) is 19.1 Å². The minimum Gasteiger partial charge on any atom is -0.472 e. The van der Waals surface area contributed by atoms with Gasteiger partial charge in [0.05, 0.1) is 24.3 Å². The normalized spacial score (nSPS) is 26.1. The van der Waals surface area contributed by atoms with Crippen LogP contribution in [-0.4, -0.2) is 65.5 Å². The van der Waals surface area contributed by atoms with Crippen LogP contribution in [0.1, 0.15) is 61.9 Å². The molecule has 3 aliphatic rings. The van der Waals surface area contributed by atoms with Crippen LogP contribution >= 0.6 is 11.6 Å². The molecule has 2 aliphatic heterocycles. The number of nitrogens with one attached hydrogen (secondary N) is 3. The van der Waals surface area contributed by atoms with E-state index in [1.807, 2.05) is 26.8 Å². The molecule has 4 N–H and O–H groups in total. The van der Waals surface area contributed by atoms with E-state index in [2.05, 4.69) is 5.32 Å². The first kappa shape index (κ1) is 30.3. The zero-order valence-corrected chi connectivity index (χ0v) is 25.0. The zero-order chi connectivity index (χ0) is 30.1. The van der Waals surface area contributed by atoms with Gasteiger partial charge in [-0.25, -0.2) is 9.37 Å². The topological polar surface area (TPSA) is 133 Å². The van der Waals surface area contributed by atoms with Crippen molar-refractivity contribution in [3.8, 4) is 0 Å². The summed E-state index contributed by atoms with van der Waals surface area (Å²) in [5.41, 5.74) is 3.52. The number of halogens is 2. The maximum atomic E-state index is 15.5. The summed E-state index contributed by atoms with van der Waals surface area (Å²) in [5.74, 6) is 0.956. The van der Waals surface area contributed by atoms with Gasteiger partial charge in [0, 0.05) is 29.0 Å². The highest BCUT2D eigenvalue weighted by atomic mass is 35.5. The fraction of sp³-hybridized carbons (Fsp3) is 0.484. The van der Waals surface area contributed by atoms with Crippen molar-refractivity contribution in [3.63, 3.8) is 0 Å². The molecule has 224 valence electrons. The summed E-state index contributed by atoms with van der Waals surface area (Å²) in [5, 5.41) is 29.3. The Labute approximate surface area is 250 Å². The molecule has 1 unspecified atom stereocenters. The number of benzene rings is 1. The lowest BCUT2D eigenvalue weighted by molar-refractivity contribution is 0.00439. The zero-order valence-electron chi connectivity index (χ0n) is 24.2. The second kappa shape index (κ2) is 12.6. The first-order chi connectivity index (χ1) is 20.1. The monoisotopic (exact) mass is 597 g/mol. The molecule has 2 fully saturated rings. The van der Waals surface area contributed by atoms with E-state index in [9.17, 15) is 5.11 Å². The largest absolute Gasteiger partial charge is 0.472 e. The summed E-state index contributed by atoms with van der Waals surface area (Å²) >= 11 is 6.61. The molecule has 0 bridgehead atoms. The van der Waals surface area contributed by atoms with Crippen molar-refractivity contribution in [1.29, 1.82) is 10.8 Å². The molecule has 1 aliphatic carbocycles. The first-order valence-electron chi connectivity index (χ1n) is 14.3. The van der Waals surface area contributed by atoms with E-state index in [4.69, 9.17) is 46.6 Å². The Kier molecular flexibility index (Phi) is 9.08. The molecule has 5 rings (SSSR count). The summed E-state index contributed by atoms with van der Waals surface area (Å²) in [6.45, 7) is 8.08. The standard InChI is InChI=1S/C31H37ClFN5O4/c1-5-15(2)31(42-25-14-41-27-24(39)13-40-28(25)27)38-29-16(3)8-21(32)30(37-29)36-23-7-6-18-10-19(11-22(33)26(18)23)20(12-34)9-17(4)35/h8-12,15,23-25,27-28,34-35,39H,5-7,13-14H2,1-4H3,(H,36,37)/b20-9+,34-12?,35-17?,38-31?/t15?,23-,24+,25+,27+,28+/m0/s1. The smallest absolute Gasteiger partial charge is 0.193 e. The highest BCUT2D eigenvalue weighted by Gasteiger charge is 2.49. The number of aliphatic hydroxyl groups is 1. The Bertz CT molecular complexity index is 1450. The first-order valence-corrected chi connectivity index (χ1v) is 14.7. The van der Waals surface area contributed by atoms with Crippen molar-refractivity contribution in [2.75, 3.05) is 18.5 Å². The second-order valence-electron chi connectivity index (χ2n) is 11.2. The highest BCUT2D eigenvalue weighted by Crippen LogP contribution is 2.39. The van der Waals surface area contributed by atoms with Gasteiger partial charge >= 0.3 is 0 Å². The van der Waals surface area contributed by atoms with Gasteiger partial charge in [-0.05, 0) is 68.0 Å². The van der Waals surface area contributed by atoms with Crippen molar-refractivity contribution in [3.05, 3.63) is 57.4 Å². The van der Waals surface area contributed by atoms with Gasteiger partial charge in [-0.2, -0.15) is 4.99 Å². The van der Waals surface area contributed by atoms with Gasteiger partial charge in [-0.15, -0.1) is 0 Å². The number of fused-ring (bicyclic) bond motifs is 2. The predicted octanol–water partition coefficient (Wildman–Crippen LogP) is 5.97. The lowest BCUT2D eigenvalue weighted by Gasteiger charge is -2.22. The molecule has 2 aromatic rings. The number of allylic oxidation sites excluding steroid dienone is 2. The number of pyridine rings is 1. The minimum absolute atomic E-state index is 0.00925. The number of hydrogen-bond donors (Lipinski definition) is 4. The van der Waals surface area contributed by atoms with Crippen LogP contribution in [0.4, 0.5) is 16.0 Å². The lowest BCUT2D eigenvalue weighted by Crippen LogP contribution is -2.35. The molecule has 0 saturated carbocycles. The van der Waals surface area contributed by atoms with E-state index < -0.39 is 12.2 Å². The van der Waals surface area contributed by atoms with Gasteiger partial charge in [0.25, 0.3) is 0 Å². The molecule has 1 aromatic carbocycles. The van der Waals surface area contributed by atoms with Crippen LogP contribution in [-0.2, 0) is 20.6 Å². The molecule has 0 amide bonds. The van der Waals surface area contributed by atoms with Gasteiger partial charge in [0.2, 0.25) is 0 Å². The van der Waals surface area contributed by atoms with Crippen molar-refractivity contribution in [1.82, 2.24) is 4.98 Å². The number of aryl methyl sites for hydroxylation is 2. The molecular formula is C31H37ClFN5O4. The Morgan fingerprint density at radius 3 is 2.79 bits per heavy atom. The number of anilines is 1. The van der Waals surface area contributed by atoms with Crippen molar-refractivity contribution in [2.45, 2.75) is 77.4 Å². The van der Waals surface area contributed by atoms with Crippen LogP contribution in [0.2, 0.25) is 5.02 Å². The lowest BCUT2D eigenvalue weighted by atomic mass is 9.98. The fourth-order valence-corrected chi connectivity index (χ4v) is 5.91. The molecule has 1 aromatic heterocycles. The number of aliphatic imine (C=N–C) groups is 1. The Morgan fingerprint density at radius 2 is 2.07 bits per heavy atom. The SMILES string of the molecule is CCC(C)C(=Nc1nc(N[C@H]2CCc3cc(/C(C=N)=C/C(C)=N)cc(F)c32)c(Cl)cc1C)O[C@@H]1CO[C@H]2[C@@H]1OC[C@H]2O. The van der Waals surface area contributed by atoms with E-state index in [-0.39, 0.29) is 36.6 Å². The number of aromatic nitrogens is 1. The molecule has 11 heteroatoms. The van der Waals surface area contributed by atoms with Gasteiger partial charge < -0.3 is 35.5 Å². The summed E-state index contributed by atoms with van der Waals surface area (Å²) < 4.78 is 33.3. The van der Waals surface area contributed by atoms with Crippen LogP contribution in [0.5, 0.6) is 0 Å². The summed E-state index contributed by atoms with van der Waals surface area (Å²) in [6.07, 6.45) is 2.95. The third-order valence-corrected chi connectivity index (χ3v) is 8.37. The van der Waals surface area contributed by atoms with Gasteiger partial charge in [-0.1, -0.05) is 31.5 Å². The minimum atomic E-state index is -0.668. The predicted molar refractivity (Wildman–Crippen MR) is 162 cm³/mol. The van der Waals surface area contributed by atoms with E-state index in [0.29, 0.717) is 64.4 Å². The molecule has 3 heterocycles. The summed E-state index contributed by atoms with van der Waals surface area (Å²) in [7, 11) is 0. The maximum Gasteiger partial charge on any atom is 0.193 e. The van der Waals surface area contributed by atoms with Gasteiger partial charge in [0.15, 0.2) is 17.8 Å². The number of hydrogen-bond acceptors (Lipinski definition) is 9. The summed E-state index contributed by atoms with van der Waals surface area (Å²) in [4.78, 5) is 9.56. The van der Waals surface area contributed by atoms with E-state index in [1.165, 1.54) is 6.07 Å². The van der Waals surface area contributed by atoms with Crippen LogP contribution in [0.3, 0.4) is 0 Å². The maximum absolute atomic E-state index is 15.5. The summed E-state index contributed by atoms with van der Waals surface area (Å²) in [6, 6.07) is 4.74. The number of nitrogens with zero attached hydrogens (tertiary/aromatic N) is 2. The van der Waals surface area contributed by atoms with Gasteiger partial charge in [-0.3, -0.25) is 0 Å². The van der Waals surface area contributed by atoms with Crippen molar-refractivity contribution < 1.29 is 23.7 Å². The third kappa shape index (κ3) is 6.13. The average molecular weight is 598 g/mol. The molecule has 9 nitrogen and oxygen atoms in total. The third-order valence-electron chi connectivity index (χ3n) is 8.08. The fourth-order valence-electron chi connectivity index (χ4n) is 5.65. The Hall–Kier alpha value is -3.18. The van der Waals surface area contributed by atoms with E-state index in [0.717, 1.165) is 23.8 Å². The quantitative estimate of drug-likeness (QED) is 0.208. The van der Waals surface area contributed by atoms with Crippen LogP contribution < -0.4 is 5.32 Å². The van der Waals surface area contributed by atoms with Crippen LogP contribution in [0.25, 0.3) is 5.57 Å². The number of aliphatic hydroxyl groups excluding tert-OH is 1. The second-order valence-corrected chi connectivity index (χ2v) is 11.6. The van der Waals surface area contributed by atoms with E-state index >= 15 is 4.39 Å². The van der Waals surface area contributed by atoms with Gasteiger partial charge in [0.1, 0.15) is 29.9 Å². The Morgan fingerprint density at radius 1 is 1.31 bits per heavy atom. The Balaban J connectivity index is 1.41. The van der Waals surface area contributed by atoms with Crippen molar-refractivity contribution >= 4 is 46.6 Å².